The van der Waals surface area contributed by atoms with Gasteiger partial charge in [0.2, 0.25) is 0 Å². The van der Waals surface area contributed by atoms with Gasteiger partial charge in [0.25, 0.3) is 0 Å². The minimum absolute atomic E-state index is 0.417. The van der Waals surface area contributed by atoms with Gasteiger partial charge in [-0.25, -0.2) is 0 Å². The van der Waals surface area contributed by atoms with E-state index in [2.05, 4.69) is 19.2 Å². The zero-order valence-corrected chi connectivity index (χ0v) is 12.5. The first-order valence-corrected chi connectivity index (χ1v) is 8.09. The second-order valence-corrected chi connectivity index (χ2v) is 6.37. The molecule has 1 aliphatic rings. The highest BCUT2D eigenvalue weighted by Gasteiger charge is 2.31. The third-order valence-corrected chi connectivity index (χ3v) is 4.23. The number of rotatable bonds is 9. The molecule has 2 heteroatoms. The highest BCUT2D eigenvalue weighted by atomic mass is 16.3. The lowest BCUT2D eigenvalue weighted by atomic mass is 9.79. The van der Waals surface area contributed by atoms with E-state index in [1.54, 1.807) is 0 Å². The molecule has 2 nitrogen and oxygen atoms in total. The highest BCUT2D eigenvalue weighted by molar-refractivity contribution is 4.86. The molecule has 1 saturated carbocycles. The maximum Gasteiger partial charge on any atom is 0.0774 e. The molecule has 0 aliphatic heterocycles. The van der Waals surface area contributed by atoms with Crippen LogP contribution in [0.5, 0.6) is 0 Å². The summed E-state index contributed by atoms with van der Waals surface area (Å²) in [7, 11) is 0. The summed E-state index contributed by atoms with van der Waals surface area (Å²) in [5.41, 5.74) is -0.417. The molecule has 0 spiro atoms. The molecule has 0 aromatic rings. The molecule has 1 aliphatic carbocycles. The standard InChI is InChI=1S/C16H33NO/c1-3-4-5-6-7-8-12-17-14-16(18)11-9-10-15(2)13-16/h15,17-18H,3-14H2,1-2H3. The van der Waals surface area contributed by atoms with Crippen LogP contribution in [0.4, 0.5) is 0 Å². The van der Waals surface area contributed by atoms with Crippen molar-refractivity contribution in [2.45, 2.75) is 83.7 Å². The maximum absolute atomic E-state index is 10.5. The lowest BCUT2D eigenvalue weighted by Crippen LogP contribution is -2.44. The van der Waals surface area contributed by atoms with Crippen LogP contribution in [0, 0.1) is 5.92 Å². The van der Waals surface area contributed by atoms with Crippen LogP contribution >= 0.6 is 0 Å². The molecular formula is C16H33NO. The normalized spacial score (nSPS) is 28.5. The van der Waals surface area contributed by atoms with Crippen molar-refractivity contribution in [3.63, 3.8) is 0 Å². The molecule has 0 radical (unpaired) electrons. The second-order valence-electron chi connectivity index (χ2n) is 6.37. The Kier molecular flexibility index (Phi) is 7.92. The zero-order valence-electron chi connectivity index (χ0n) is 12.5. The van der Waals surface area contributed by atoms with E-state index >= 15 is 0 Å². The van der Waals surface area contributed by atoms with Gasteiger partial charge in [-0.1, -0.05) is 58.8 Å². The Hall–Kier alpha value is -0.0800. The van der Waals surface area contributed by atoms with Crippen LogP contribution in [-0.2, 0) is 0 Å². The third-order valence-electron chi connectivity index (χ3n) is 4.23. The first-order valence-electron chi connectivity index (χ1n) is 8.09. The van der Waals surface area contributed by atoms with E-state index in [9.17, 15) is 5.11 Å². The Morgan fingerprint density at radius 1 is 1.17 bits per heavy atom. The molecular weight excluding hydrogens is 222 g/mol. The van der Waals surface area contributed by atoms with Crippen LogP contribution in [0.25, 0.3) is 0 Å². The van der Waals surface area contributed by atoms with Gasteiger partial charge >= 0.3 is 0 Å². The van der Waals surface area contributed by atoms with Gasteiger partial charge in [-0.05, 0) is 31.7 Å². The van der Waals surface area contributed by atoms with Crippen molar-refractivity contribution in [2.24, 2.45) is 5.92 Å². The van der Waals surface area contributed by atoms with E-state index in [1.807, 2.05) is 0 Å². The number of aliphatic hydroxyl groups is 1. The van der Waals surface area contributed by atoms with Crippen LogP contribution in [-0.4, -0.2) is 23.8 Å². The molecule has 0 aromatic carbocycles. The summed E-state index contributed by atoms with van der Waals surface area (Å²) in [4.78, 5) is 0. The number of unbranched alkanes of at least 4 members (excludes halogenated alkanes) is 5. The Labute approximate surface area is 114 Å². The third kappa shape index (κ3) is 6.75. The van der Waals surface area contributed by atoms with Crippen molar-refractivity contribution in [3.05, 3.63) is 0 Å². The van der Waals surface area contributed by atoms with Gasteiger partial charge < -0.3 is 10.4 Å². The molecule has 0 bridgehead atoms. The Morgan fingerprint density at radius 2 is 1.89 bits per heavy atom. The second kappa shape index (κ2) is 8.92. The maximum atomic E-state index is 10.5. The van der Waals surface area contributed by atoms with Crippen molar-refractivity contribution in [1.82, 2.24) is 5.32 Å². The summed E-state index contributed by atoms with van der Waals surface area (Å²) in [5.74, 6) is 0.694. The van der Waals surface area contributed by atoms with Crippen molar-refractivity contribution < 1.29 is 5.11 Å². The van der Waals surface area contributed by atoms with Crippen LogP contribution in [0.3, 0.4) is 0 Å². The van der Waals surface area contributed by atoms with Gasteiger partial charge in [-0.2, -0.15) is 0 Å². The van der Waals surface area contributed by atoms with Gasteiger partial charge in [0, 0.05) is 6.54 Å². The average Bonchev–Trinajstić information content (AvgIpc) is 2.32. The van der Waals surface area contributed by atoms with E-state index in [0.717, 1.165) is 25.9 Å². The highest BCUT2D eigenvalue weighted by Crippen LogP contribution is 2.31. The molecule has 18 heavy (non-hydrogen) atoms. The van der Waals surface area contributed by atoms with Crippen molar-refractivity contribution >= 4 is 0 Å². The lowest BCUT2D eigenvalue weighted by Gasteiger charge is -2.35. The van der Waals surface area contributed by atoms with E-state index in [-0.39, 0.29) is 0 Å². The summed E-state index contributed by atoms with van der Waals surface area (Å²) in [6, 6.07) is 0. The number of hydrogen-bond donors (Lipinski definition) is 2. The van der Waals surface area contributed by atoms with Crippen molar-refractivity contribution in [2.75, 3.05) is 13.1 Å². The van der Waals surface area contributed by atoms with E-state index in [4.69, 9.17) is 0 Å². The SMILES string of the molecule is CCCCCCCCNCC1(O)CCCC(C)C1. The lowest BCUT2D eigenvalue weighted by molar-refractivity contribution is -0.0115. The first kappa shape index (κ1) is 16.0. The number of nitrogens with one attached hydrogen (secondary N) is 1. The van der Waals surface area contributed by atoms with Gasteiger partial charge in [0.05, 0.1) is 5.60 Å². The van der Waals surface area contributed by atoms with Gasteiger partial charge in [0.15, 0.2) is 0 Å². The van der Waals surface area contributed by atoms with Crippen LogP contribution in [0.2, 0.25) is 0 Å². The minimum atomic E-state index is -0.417. The summed E-state index contributed by atoms with van der Waals surface area (Å²) in [5, 5.41) is 13.9. The van der Waals surface area contributed by atoms with Gasteiger partial charge in [-0.3, -0.25) is 0 Å². The zero-order chi connectivity index (χ0) is 13.3. The molecule has 2 N–H and O–H groups in total. The van der Waals surface area contributed by atoms with E-state index < -0.39 is 5.60 Å². The van der Waals surface area contributed by atoms with Gasteiger partial charge in [0.1, 0.15) is 0 Å². The summed E-state index contributed by atoms with van der Waals surface area (Å²) >= 11 is 0. The fourth-order valence-corrected chi connectivity index (χ4v) is 3.14. The van der Waals surface area contributed by atoms with Crippen LogP contribution in [0.15, 0.2) is 0 Å². The summed E-state index contributed by atoms with van der Waals surface area (Å²) in [6.45, 7) is 6.39. The van der Waals surface area contributed by atoms with Crippen molar-refractivity contribution in [3.8, 4) is 0 Å². The largest absolute Gasteiger partial charge is 0.389 e. The molecule has 1 fully saturated rings. The fraction of sp³-hybridized carbons (Fsp3) is 1.00. The smallest absolute Gasteiger partial charge is 0.0774 e. The Balaban J connectivity index is 1.96. The first-order chi connectivity index (χ1) is 8.66. The predicted octanol–water partition coefficient (Wildman–Crippen LogP) is 3.88. The topological polar surface area (TPSA) is 32.3 Å². The molecule has 1 rings (SSSR count). The van der Waals surface area contributed by atoms with Crippen LogP contribution < -0.4 is 5.32 Å². The van der Waals surface area contributed by atoms with Crippen molar-refractivity contribution in [1.29, 1.82) is 0 Å². The molecule has 0 aromatic heterocycles. The molecule has 0 heterocycles. The van der Waals surface area contributed by atoms with E-state index in [1.165, 1.54) is 51.4 Å². The van der Waals surface area contributed by atoms with Gasteiger partial charge in [-0.15, -0.1) is 0 Å². The average molecular weight is 255 g/mol. The minimum Gasteiger partial charge on any atom is -0.389 e. The Bertz CT molecular complexity index is 207. The fourth-order valence-electron chi connectivity index (χ4n) is 3.14. The van der Waals surface area contributed by atoms with E-state index in [0.29, 0.717) is 5.92 Å². The molecule has 2 unspecified atom stereocenters. The molecule has 108 valence electrons. The quantitative estimate of drug-likeness (QED) is 0.613. The van der Waals surface area contributed by atoms with Crippen LogP contribution in [0.1, 0.15) is 78.1 Å². The number of hydrogen-bond acceptors (Lipinski definition) is 2. The predicted molar refractivity (Wildman–Crippen MR) is 78.8 cm³/mol. The summed E-state index contributed by atoms with van der Waals surface area (Å²) in [6.07, 6.45) is 12.5. The Morgan fingerprint density at radius 3 is 2.61 bits per heavy atom. The summed E-state index contributed by atoms with van der Waals surface area (Å²) < 4.78 is 0. The molecule has 0 saturated heterocycles. The molecule has 2 atom stereocenters. The molecule has 0 amide bonds. The monoisotopic (exact) mass is 255 g/mol.